The van der Waals surface area contributed by atoms with Crippen LogP contribution in [0.25, 0.3) is 0 Å². The van der Waals surface area contributed by atoms with Crippen molar-refractivity contribution in [2.24, 2.45) is 0 Å². The fourth-order valence-corrected chi connectivity index (χ4v) is 1.89. The SMILES string of the molecule is CCCCOc1c(Br)ccc(C(=O)OC)c1[N+](=O)[O-]. The van der Waals surface area contributed by atoms with Crippen LogP contribution in [-0.4, -0.2) is 24.6 Å². The minimum Gasteiger partial charge on any atom is -0.486 e. The van der Waals surface area contributed by atoms with Gasteiger partial charge in [0.25, 0.3) is 0 Å². The van der Waals surface area contributed by atoms with Gasteiger partial charge >= 0.3 is 11.7 Å². The standard InChI is InChI=1S/C12H14BrNO5/c1-3-4-7-19-11-9(13)6-5-8(12(15)18-2)10(11)14(16)17/h5-6H,3-4,7H2,1-2H3. The Bertz CT molecular complexity index is 489. The van der Waals surface area contributed by atoms with Crippen molar-refractivity contribution >= 4 is 27.6 Å². The number of carbonyl (C=O) groups excluding carboxylic acids is 1. The Hall–Kier alpha value is -1.63. The number of methoxy groups -OCH3 is 1. The topological polar surface area (TPSA) is 78.7 Å². The predicted molar refractivity (Wildman–Crippen MR) is 72.5 cm³/mol. The van der Waals surface area contributed by atoms with Gasteiger partial charge in [0.05, 0.1) is 23.1 Å². The van der Waals surface area contributed by atoms with Gasteiger partial charge in [0.15, 0.2) is 0 Å². The molecule has 6 nitrogen and oxygen atoms in total. The first-order valence-corrected chi connectivity index (χ1v) is 6.50. The van der Waals surface area contributed by atoms with Gasteiger partial charge < -0.3 is 9.47 Å². The Kier molecular flexibility index (Phi) is 5.75. The summed E-state index contributed by atoms with van der Waals surface area (Å²) in [6, 6.07) is 2.86. The summed E-state index contributed by atoms with van der Waals surface area (Å²) in [7, 11) is 1.17. The molecule has 0 radical (unpaired) electrons. The lowest BCUT2D eigenvalue weighted by Gasteiger charge is -2.10. The smallest absolute Gasteiger partial charge is 0.345 e. The third-order valence-corrected chi connectivity index (χ3v) is 3.04. The number of nitro benzene ring substituents is 1. The summed E-state index contributed by atoms with van der Waals surface area (Å²) in [5.74, 6) is -0.708. The minimum absolute atomic E-state index is 0.0568. The maximum atomic E-state index is 11.5. The van der Waals surface area contributed by atoms with E-state index in [2.05, 4.69) is 20.7 Å². The van der Waals surface area contributed by atoms with Crippen molar-refractivity contribution in [2.45, 2.75) is 19.8 Å². The second kappa shape index (κ2) is 7.08. The second-order valence-corrected chi connectivity index (χ2v) is 4.58. The Morgan fingerprint density at radius 1 is 1.47 bits per heavy atom. The number of esters is 1. The van der Waals surface area contributed by atoms with E-state index in [9.17, 15) is 14.9 Å². The van der Waals surface area contributed by atoms with E-state index in [-0.39, 0.29) is 17.0 Å². The minimum atomic E-state index is -0.764. The van der Waals surface area contributed by atoms with Gasteiger partial charge in [-0.15, -0.1) is 0 Å². The number of nitrogens with zero attached hydrogens (tertiary/aromatic N) is 1. The quantitative estimate of drug-likeness (QED) is 0.346. The number of unbranched alkanes of at least 4 members (excludes halogenated alkanes) is 1. The second-order valence-electron chi connectivity index (χ2n) is 3.72. The molecule has 0 atom stereocenters. The van der Waals surface area contributed by atoms with Crippen molar-refractivity contribution in [3.63, 3.8) is 0 Å². The van der Waals surface area contributed by atoms with Crippen LogP contribution >= 0.6 is 15.9 Å². The molecule has 0 aliphatic rings. The fourth-order valence-electron chi connectivity index (χ4n) is 1.46. The third kappa shape index (κ3) is 3.66. The molecule has 0 N–H and O–H groups in total. The summed E-state index contributed by atoms with van der Waals surface area (Å²) in [6.07, 6.45) is 1.67. The highest BCUT2D eigenvalue weighted by atomic mass is 79.9. The molecule has 0 aliphatic heterocycles. The lowest BCUT2D eigenvalue weighted by molar-refractivity contribution is -0.386. The molecule has 0 spiro atoms. The summed E-state index contributed by atoms with van der Waals surface area (Å²) in [5, 5.41) is 11.1. The van der Waals surface area contributed by atoms with Gasteiger partial charge in [-0.1, -0.05) is 13.3 Å². The number of rotatable bonds is 6. The van der Waals surface area contributed by atoms with Gasteiger partial charge in [-0.3, -0.25) is 10.1 Å². The van der Waals surface area contributed by atoms with Crippen molar-refractivity contribution in [1.82, 2.24) is 0 Å². The van der Waals surface area contributed by atoms with Crippen LogP contribution in [0, 0.1) is 10.1 Å². The van der Waals surface area contributed by atoms with Crippen LogP contribution in [-0.2, 0) is 4.74 Å². The molecular weight excluding hydrogens is 318 g/mol. The van der Waals surface area contributed by atoms with Gasteiger partial charge in [-0.05, 0) is 34.5 Å². The molecule has 0 saturated heterocycles. The van der Waals surface area contributed by atoms with E-state index in [0.717, 1.165) is 12.8 Å². The zero-order valence-electron chi connectivity index (χ0n) is 10.6. The Morgan fingerprint density at radius 3 is 2.68 bits per heavy atom. The highest BCUT2D eigenvalue weighted by molar-refractivity contribution is 9.10. The molecule has 19 heavy (non-hydrogen) atoms. The molecule has 0 bridgehead atoms. The van der Waals surface area contributed by atoms with Gasteiger partial charge in [-0.2, -0.15) is 0 Å². The van der Waals surface area contributed by atoms with Crippen LogP contribution in [0.4, 0.5) is 5.69 Å². The number of benzene rings is 1. The van der Waals surface area contributed by atoms with E-state index in [4.69, 9.17) is 4.74 Å². The molecule has 0 unspecified atom stereocenters. The molecule has 1 rings (SSSR count). The monoisotopic (exact) mass is 331 g/mol. The van der Waals surface area contributed by atoms with E-state index in [0.29, 0.717) is 11.1 Å². The van der Waals surface area contributed by atoms with Crippen LogP contribution in [0.3, 0.4) is 0 Å². The highest BCUT2D eigenvalue weighted by Gasteiger charge is 2.28. The van der Waals surface area contributed by atoms with Crippen LogP contribution in [0.1, 0.15) is 30.1 Å². The van der Waals surface area contributed by atoms with Gasteiger partial charge in [-0.25, -0.2) is 4.79 Å². The summed E-state index contributed by atoms with van der Waals surface area (Å²) in [5.41, 5.74) is -0.500. The number of nitro groups is 1. The molecule has 0 fully saturated rings. The van der Waals surface area contributed by atoms with Crippen LogP contribution in [0.2, 0.25) is 0 Å². The summed E-state index contributed by atoms with van der Waals surface area (Å²) in [6.45, 7) is 2.33. The number of ether oxygens (including phenoxy) is 2. The molecule has 7 heteroatoms. The van der Waals surface area contributed by atoms with E-state index in [1.807, 2.05) is 6.92 Å². The molecule has 0 aliphatic carbocycles. The number of carbonyl (C=O) groups is 1. The first-order valence-electron chi connectivity index (χ1n) is 5.70. The van der Waals surface area contributed by atoms with Crippen molar-refractivity contribution < 1.29 is 19.2 Å². The lowest BCUT2D eigenvalue weighted by Crippen LogP contribution is -2.09. The van der Waals surface area contributed by atoms with E-state index < -0.39 is 10.9 Å². The number of hydrogen-bond acceptors (Lipinski definition) is 5. The average molecular weight is 332 g/mol. The molecule has 0 aromatic heterocycles. The number of hydrogen-bond donors (Lipinski definition) is 0. The van der Waals surface area contributed by atoms with Crippen molar-refractivity contribution in [3.8, 4) is 5.75 Å². The maximum Gasteiger partial charge on any atom is 0.345 e. The molecule has 0 heterocycles. The lowest BCUT2D eigenvalue weighted by atomic mass is 10.1. The molecule has 1 aromatic carbocycles. The largest absolute Gasteiger partial charge is 0.486 e. The van der Waals surface area contributed by atoms with Crippen molar-refractivity contribution in [2.75, 3.05) is 13.7 Å². The molecule has 0 saturated carbocycles. The summed E-state index contributed by atoms with van der Waals surface area (Å²) >= 11 is 3.19. The first-order chi connectivity index (χ1) is 9.02. The van der Waals surface area contributed by atoms with E-state index in [1.165, 1.54) is 19.2 Å². The highest BCUT2D eigenvalue weighted by Crippen LogP contribution is 2.38. The molecule has 1 aromatic rings. The summed E-state index contributed by atoms with van der Waals surface area (Å²) in [4.78, 5) is 22.0. The average Bonchev–Trinajstić information content (AvgIpc) is 2.39. The van der Waals surface area contributed by atoms with E-state index in [1.54, 1.807) is 0 Å². The zero-order valence-corrected chi connectivity index (χ0v) is 12.2. The van der Waals surface area contributed by atoms with E-state index >= 15 is 0 Å². The normalized spacial score (nSPS) is 10.1. The Balaban J connectivity index is 3.25. The van der Waals surface area contributed by atoms with Gasteiger partial charge in [0.2, 0.25) is 5.75 Å². The van der Waals surface area contributed by atoms with Gasteiger partial charge in [0.1, 0.15) is 5.56 Å². The van der Waals surface area contributed by atoms with Crippen molar-refractivity contribution in [3.05, 3.63) is 32.3 Å². The first kappa shape index (κ1) is 15.4. The van der Waals surface area contributed by atoms with Crippen LogP contribution in [0.15, 0.2) is 16.6 Å². The molecule has 0 amide bonds. The third-order valence-electron chi connectivity index (χ3n) is 2.42. The Morgan fingerprint density at radius 2 is 2.16 bits per heavy atom. The van der Waals surface area contributed by atoms with Crippen LogP contribution < -0.4 is 4.74 Å². The predicted octanol–water partition coefficient (Wildman–Crippen LogP) is 3.32. The Labute approximate surface area is 119 Å². The van der Waals surface area contributed by atoms with Gasteiger partial charge in [0, 0.05) is 0 Å². The van der Waals surface area contributed by atoms with Crippen LogP contribution in [0.5, 0.6) is 5.75 Å². The number of halogens is 1. The maximum absolute atomic E-state index is 11.5. The zero-order chi connectivity index (χ0) is 14.4. The molecular formula is C12H14BrNO5. The fraction of sp³-hybridized carbons (Fsp3) is 0.417. The summed E-state index contributed by atoms with van der Waals surface area (Å²) < 4.78 is 10.4. The van der Waals surface area contributed by atoms with Crippen molar-refractivity contribution in [1.29, 1.82) is 0 Å². The molecule has 104 valence electrons.